The van der Waals surface area contributed by atoms with Crippen LogP contribution in [0.25, 0.3) is 6.08 Å². The van der Waals surface area contributed by atoms with E-state index in [1.165, 1.54) is 5.56 Å². The zero-order valence-electron chi connectivity index (χ0n) is 11.7. The van der Waals surface area contributed by atoms with Gasteiger partial charge in [-0.25, -0.2) is 0 Å². The Hall–Kier alpha value is -2.75. The van der Waals surface area contributed by atoms with Gasteiger partial charge in [0.2, 0.25) is 0 Å². The highest BCUT2D eigenvalue weighted by atomic mass is 16.2. The van der Waals surface area contributed by atoms with Crippen LogP contribution in [0.15, 0.2) is 53.8 Å². The number of benzene rings is 1. The highest BCUT2D eigenvalue weighted by Gasteiger charge is 2.15. The van der Waals surface area contributed by atoms with Crippen LogP contribution in [0.5, 0.6) is 0 Å². The molecular weight excluding hydrogens is 262 g/mol. The summed E-state index contributed by atoms with van der Waals surface area (Å²) >= 11 is 0. The molecule has 1 aliphatic heterocycles. The molecule has 0 N–H and O–H groups in total. The summed E-state index contributed by atoms with van der Waals surface area (Å²) < 4.78 is 0. The van der Waals surface area contributed by atoms with E-state index in [2.05, 4.69) is 9.98 Å². The number of rotatable bonds is 2. The number of hydrogen-bond donors (Lipinski definition) is 0. The number of anilines is 1. The predicted octanol–water partition coefficient (Wildman–Crippen LogP) is 2.96. The quantitative estimate of drug-likeness (QED) is 0.847. The van der Waals surface area contributed by atoms with Gasteiger partial charge in [-0.2, -0.15) is 0 Å². The van der Waals surface area contributed by atoms with Crippen molar-refractivity contribution in [3.63, 3.8) is 0 Å². The van der Waals surface area contributed by atoms with E-state index in [0.717, 1.165) is 17.7 Å². The van der Waals surface area contributed by atoms with Gasteiger partial charge < -0.3 is 4.90 Å². The maximum absolute atomic E-state index is 12.4. The molecule has 21 heavy (non-hydrogen) atoms. The summed E-state index contributed by atoms with van der Waals surface area (Å²) in [6.07, 6.45) is 8.04. The molecule has 1 aromatic carbocycles. The van der Waals surface area contributed by atoms with Gasteiger partial charge in [-0.3, -0.25) is 14.8 Å². The Morgan fingerprint density at radius 2 is 2.14 bits per heavy atom. The first kappa shape index (κ1) is 13.2. The van der Waals surface area contributed by atoms with Crippen molar-refractivity contribution in [2.75, 3.05) is 11.9 Å². The number of pyridine rings is 1. The fourth-order valence-corrected chi connectivity index (χ4v) is 2.25. The molecule has 0 saturated carbocycles. The fourth-order valence-electron chi connectivity index (χ4n) is 2.25. The van der Waals surface area contributed by atoms with Gasteiger partial charge in [-0.15, -0.1) is 0 Å². The maximum atomic E-state index is 12.4. The van der Waals surface area contributed by atoms with Crippen LogP contribution < -0.4 is 4.90 Å². The SMILES string of the molecule is CN(C(=O)c1ccccn1)c1ccc2c(c1)C=CN=CC2. The maximum Gasteiger partial charge on any atom is 0.276 e. The molecule has 1 amide bonds. The number of carbonyl (C=O) groups is 1. The standard InChI is InChI=1S/C17H15N3O/c1-20(17(21)16-4-2-3-9-19-16)15-6-5-13-7-10-18-11-8-14(13)12-15/h2-6,8-12H,7H2,1H3. The van der Waals surface area contributed by atoms with E-state index in [-0.39, 0.29) is 5.91 Å². The van der Waals surface area contributed by atoms with E-state index in [0.29, 0.717) is 5.69 Å². The molecule has 0 radical (unpaired) electrons. The molecule has 4 heteroatoms. The van der Waals surface area contributed by atoms with Crippen molar-refractivity contribution in [2.45, 2.75) is 6.42 Å². The highest BCUT2D eigenvalue weighted by molar-refractivity contribution is 6.04. The van der Waals surface area contributed by atoms with Crippen LogP contribution in [0.4, 0.5) is 5.69 Å². The van der Waals surface area contributed by atoms with Crippen LogP contribution in [0, 0.1) is 0 Å². The summed E-state index contributed by atoms with van der Waals surface area (Å²) in [7, 11) is 1.76. The topological polar surface area (TPSA) is 45.6 Å². The van der Waals surface area contributed by atoms with Gasteiger partial charge in [0, 0.05) is 37.8 Å². The number of carbonyl (C=O) groups excluding carboxylic acids is 1. The molecule has 2 aromatic rings. The zero-order valence-corrected chi connectivity index (χ0v) is 11.7. The lowest BCUT2D eigenvalue weighted by Gasteiger charge is -2.18. The molecule has 0 unspecified atom stereocenters. The van der Waals surface area contributed by atoms with Crippen molar-refractivity contribution in [2.24, 2.45) is 4.99 Å². The Labute approximate surface area is 123 Å². The van der Waals surface area contributed by atoms with Gasteiger partial charge >= 0.3 is 0 Å². The van der Waals surface area contributed by atoms with Crippen molar-refractivity contribution in [1.82, 2.24) is 4.98 Å². The molecule has 3 rings (SSSR count). The molecule has 0 fully saturated rings. The van der Waals surface area contributed by atoms with Crippen molar-refractivity contribution < 1.29 is 4.79 Å². The summed E-state index contributed by atoms with van der Waals surface area (Å²) in [5.41, 5.74) is 3.57. The molecule has 0 atom stereocenters. The lowest BCUT2D eigenvalue weighted by molar-refractivity contribution is 0.0988. The van der Waals surface area contributed by atoms with Gasteiger partial charge in [-0.1, -0.05) is 12.1 Å². The molecule has 0 saturated heterocycles. The molecule has 1 aliphatic rings. The summed E-state index contributed by atoms with van der Waals surface area (Å²) in [6.45, 7) is 0. The first-order valence-corrected chi connectivity index (χ1v) is 6.76. The van der Waals surface area contributed by atoms with Crippen molar-refractivity contribution in [1.29, 1.82) is 0 Å². The van der Waals surface area contributed by atoms with E-state index in [1.807, 2.05) is 36.6 Å². The van der Waals surface area contributed by atoms with Gasteiger partial charge in [-0.05, 0) is 41.5 Å². The largest absolute Gasteiger partial charge is 0.310 e. The van der Waals surface area contributed by atoms with Crippen LogP contribution in [0.3, 0.4) is 0 Å². The summed E-state index contributed by atoms with van der Waals surface area (Å²) in [6, 6.07) is 11.3. The molecule has 1 aromatic heterocycles. The third-order valence-electron chi connectivity index (χ3n) is 3.46. The van der Waals surface area contributed by atoms with Crippen molar-refractivity contribution >= 4 is 23.9 Å². The summed E-state index contributed by atoms with van der Waals surface area (Å²) in [5, 5.41) is 0. The second kappa shape index (κ2) is 5.71. The molecule has 0 spiro atoms. The number of aliphatic imine (C=N–C) groups is 1. The number of fused-ring (bicyclic) bond motifs is 1. The Morgan fingerprint density at radius 1 is 1.24 bits per heavy atom. The van der Waals surface area contributed by atoms with Crippen molar-refractivity contribution in [3.05, 3.63) is 65.6 Å². The van der Waals surface area contributed by atoms with E-state index in [9.17, 15) is 4.79 Å². The number of hydrogen-bond acceptors (Lipinski definition) is 3. The second-order valence-corrected chi connectivity index (χ2v) is 4.81. The van der Waals surface area contributed by atoms with Gasteiger partial charge in [0.1, 0.15) is 5.69 Å². The van der Waals surface area contributed by atoms with Crippen LogP contribution in [-0.2, 0) is 6.42 Å². The van der Waals surface area contributed by atoms with Gasteiger partial charge in [0.05, 0.1) is 0 Å². The Kier molecular flexibility index (Phi) is 3.60. The highest BCUT2D eigenvalue weighted by Crippen LogP contribution is 2.22. The van der Waals surface area contributed by atoms with Crippen LogP contribution in [0.2, 0.25) is 0 Å². The molecule has 4 nitrogen and oxygen atoms in total. The zero-order chi connectivity index (χ0) is 14.7. The minimum Gasteiger partial charge on any atom is -0.310 e. The third-order valence-corrected chi connectivity index (χ3v) is 3.46. The minimum atomic E-state index is -0.121. The van der Waals surface area contributed by atoms with Crippen LogP contribution in [-0.4, -0.2) is 24.2 Å². The van der Waals surface area contributed by atoms with E-state index >= 15 is 0 Å². The number of aromatic nitrogens is 1. The van der Waals surface area contributed by atoms with Crippen molar-refractivity contribution in [3.8, 4) is 0 Å². The summed E-state index contributed by atoms with van der Waals surface area (Å²) in [4.78, 5) is 22.3. The van der Waals surface area contributed by atoms with Gasteiger partial charge in [0.15, 0.2) is 0 Å². The fraction of sp³-hybridized carbons (Fsp3) is 0.118. The number of amides is 1. The number of nitrogens with zero attached hydrogens (tertiary/aromatic N) is 3. The molecular formula is C17H15N3O. The lowest BCUT2D eigenvalue weighted by atomic mass is 10.0. The Morgan fingerprint density at radius 3 is 2.95 bits per heavy atom. The third kappa shape index (κ3) is 2.74. The Balaban J connectivity index is 1.90. The monoisotopic (exact) mass is 277 g/mol. The average Bonchev–Trinajstić information content (AvgIpc) is 2.79. The first-order chi connectivity index (χ1) is 10.3. The summed E-state index contributed by atoms with van der Waals surface area (Å²) in [5.74, 6) is -0.121. The molecule has 0 bridgehead atoms. The Bertz CT molecular complexity index is 720. The molecule has 0 aliphatic carbocycles. The predicted molar refractivity (Wildman–Crippen MR) is 84.6 cm³/mol. The molecule has 2 heterocycles. The smallest absolute Gasteiger partial charge is 0.276 e. The molecule has 104 valence electrons. The van der Waals surface area contributed by atoms with Crippen LogP contribution >= 0.6 is 0 Å². The average molecular weight is 277 g/mol. The normalized spacial score (nSPS) is 12.6. The van der Waals surface area contributed by atoms with E-state index < -0.39 is 0 Å². The first-order valence-electron chi connectivity index (χ1n) is 6.76. The minimum absolute atomic E-state index is 0.121. The lowest BCUT2D eigenvalue weighted by Crippen LogP contribution is -2.27. The second-order valence-electron chi connectivity index (χ2n) is 4.81. The van der Waals surface area contributed by atoms with Gasteiger partial charge in [0.25, 0.3) is 5.91 Å². The van der Waals surface area contributed by atoms with Crippen LogP contribution in [0.1, 0.15) is 21.6 Å². The van der Waals surface area contributed by atoms with E-state index in [4.69, 9.17) is 0 Å². The van der Waals surface area contributed by atoms with E-state index in [1.54, 1.807) is 36.5 Å².